The van der Waals surface area contributed by atoms with Gasteiger partial charge in [0.15, 0.2) is 0 Å². The third-order valence-corrected chi connectivity index (χ3v) is 4.38. The number of benzene rings is 2. The number of hydrazone groups is 1. The number of hydrogen-bond acceptors (Lipinski definition) is 3. The minimum Gasteiger partial charge on any atom is -0.206 e. The highest BCUT2D eigenvalue weighted by molar-refractivity contribution is 7.89. The van der Waals surface area contributed by atoms with Gasteiger partial charge in [-0.15, -0.1) is 0 Å². The molecule has 2 aromatic rings. The Morgan fingerprint density at radius 2 is 1.77 bits per heavy atom. The molecule has 0 aliphatic carbocycles. The molecule has 0 aliphatic rings. The third kappa shape index (κ3) is 3.71. The lowest BCUT2D eigenvalue weighted by molar-refractivity contribution is 0.584. The zero-order valence-electron chi connectivity index (χ0n) is 12.4. The molecule has 1 N–H and O–H groups in total. The van der Waals surface area contributed by atoms with Crippen LogP contribution >= 0.6 is 0 Å². The Hall–Kier alpha value is -2.21. The van der Waals surface area contributed by atoms with Gasteiger partial charge in [0.25, 0.3) is 10.0 Å². The van der Waals surface area contributed by atoms with Gasteiger partial charge in [0, 0.05) is 5.56 Å². The SMILES string of the molecule is CC/C(=N\NS(=O)(=O)c1ccc(C)cc1)c1ccccc1F. The molecule has 0 aromatic heterocycles. The summed E-state index contributed by atoms with van der Waals surface area (Å²) < 4.78 is 38.1. The van der Waals surface area contributed by atoms with Crippen molar-refractivity contribution in [1.29, 1.82) is 0 Å². The van der Waals surface area contributed by atoms with Gasteiger partial charge in [0.2, 0.25) is 0 Å². The van der Waals surface area contributed by atoms with Crippen molar-refractivity contribution >= 4 is 15.7 Å². The summed E-state index contributed by atoms with van der Waals surface area (Å²) in [6.45, 7) is 3.65. The van der Waals surface area contributed by atoms with E-state index in [1.54, 1.807) is 37.3 Å². The third-order valence-electron chi connectivity index (χ3n) is 3.15. The van der Waals surface area contributed by atoms with Crippen molar-refractivity contribution < 1.29 is 12.8 Å². The fourth-order valence-electron chi connectivity index (χ4n) is 1.91. The first kappa shape index (κ1) is 16.2. The van der Waals surface area contributed by atoms with E-state index in [0.717, 1.165) is 5.56 Å². The molecule has 4 nitrogen and oxygen atoms in total. The second-order valence-corrected chi connectivity index (χ2v) is 6.46. The molecule has 0 radical (unpaired) electrons. The lowest BCUT2D eigenvalue weighted by Gasteiger charge is -2.08. The highest BCUT2D eigenvalue weighted by atomic mass is 32.2. The van der Waals surface area contributed by atoms with E-state index in [4.69, 9.17) is 0 Å². The summed E-state index contributed by atoms with van der Waals surface area (Å²) in [7, 11) is -3.76. The van der Waals surface area contributed by atoms with E-state index >= 15 is 0 Å². The standard InChI is InChI=1S/C16H17FN2O2S/c1-3-16(14-6-4-5-7-15(14)17)18-19-22(20,21)13-10-8-12(2)9-11-13/h4-11,19H,3H2,1-2H3/b18-16+. The smallest absolute Gasteiger partial charge is 0.206 e. The minimum atomic E-state index is -3.76. The van der Waals surface area contributed by atoms with Crippen molar-refractivity contribution in [3.8, 4) is 0 Å². The number of aryl methyl sites for hydroxylation is 1. The lowest BCUT2D eigenvalue weighted by Crippen LogP contribution is -2.20. The second-order valence-electron chi connectivity index (χ2n) is 4.80. The fraction of sp³-hybridized carbons (Fsp3) is 0.188. The van der Waals surface area contributed by atoms with Crippen LogP contribution in [0.1, 0.15) is 24.5 Å². The lowest BCUT2D eigenvalue weighted by atomic mass is 10.1. The highest BCUT2D eigenvalue weighted by Crippen LogP contribution is 2.12. The van der Waals surface area contributed by atoms with Crippen LogP contribution in [-0.4, -0.2) is 14.1 Å². The molecule has 6 heteroatoms. The van der Waals surface area contributed by atoms with E-state index in [1.165, 1.54) is 18.2 Å². The Bertz CT molecular complexity index is 784. The van der Waals surface area contributed by atoms with Crippen LogP contribution in [0.2, 0.25) is 0 Å². The van der Waals surface area contributed by atoms with Gasteiger partial charge in [0.1, 0.15) is 5.82 Å². The van der Waals surface area contributed by atoms with Crippen LogP contribution in [0.4, 0.5) is 4.39 Å². The van der Waals surface area contributed by atoms with Gasteiger partial charge < -0.3 is 0 Å². The molecule has 0 unspecified atom stereocenters. The molecule has 0 saturated heterocycles. The first-order valence-corrected chi connectivity index (χ1v) is 8.32. The van der Waals surface area contributed by atoms with Crippen molar-refractivity contribution in [2.24, 2.45) is 5.10 Å². The number of halogens is 1. The van der Waals surface area contributed by atoms with Gasteiger partial charge in [-0.3, -0.25) is 0 Å². The summed E-state index contributed by atoms with van der Waals surface area (Å²) in [4.78, 5) is 2.28. The van der Waals surface area contributed by atoms with Gasteiger partial charge in [-0.1, -0.05) is 42.8 Å². The maximum Gasteiger partial charge on any atom is 0.276 e. The summed E-state index contributed by atoms with van der Waals surface area (Å²) in [6, 6.07) is 12.5. The Labute approximate surface area is 129 Å². The summed E-state index contributed by atoms with van der Waals surface area (Å²) >= 11 is 0. The summed E-state index contributed by atoms with van der Waals surface area (Å²) in [6.07, 6.45) is 0.400. The molecule has 0 heterocycles. The van der Waals surface area contributed by atoms with Crippen LogP contribution in [0.3, 0.4) is 0 Å². The number of hydrogen-bond donors (Lipinski definition) is 1. The minimum absolute atomic E-state index is 0.117. The van der Waals surface area contributed by atoms with Crippen LogP contribution in [0, 0.1) is 12.7 Å². The average Bonchev–Trinajstić information content (AvgIpc) is 2.50. The van der Waals surface area contributed by atoms with Crippen molar-refractivity contribution in [2.75, 3.05) is 0 Å². The molecule has 0 fully saturated rings. The molecule has 0 amide bonds. The second kappa shape index (κ2) is 6.70. The molecule has 0 bridgehead atoms. The van der Waals surface area contributed by atoms with Gasteiger partial charge in [-0.25, -0.2) is 4.39 Å². The molecule has 2 rings (SSSR count). The largest absolute Gasteiger partial charge is 0.276 e. The normalized spacial score (nSPS) is 12.2. The first-order valence-electron chi connectivity index (χ1n) is 6.84. The maximum atomic E-state index is 13.8. The van der Waals surface area contributed by atoms with Crippen LogP contribution in [-0.2, 0) is 10.0 Å². The quantitative estimate of drug-likeness (QED) is 0.679. The van der Waals surface area contributed by atoms with Crippen LogP contribution in [0.15, 0.2) is 58.5 Å². The van der Waals surface area contributed by atoms with Crippen molar-refractivity contribution in [3.63, 3.8) is 0 Å². The van der Waals surface area contributed by atoms with Crippen molar-refractivity contribution in [3.05, 3.63) is 65.5 Å². The molecule has 0 spiro atoms. The Kier molecular flexibility index (Phi) is 4.92. The van der Waals surface area contributed by atoms with E-state index in [0.29, 0.717) is 12.1 Å². The zero-order valence-corrected chi connectivity index (χ0v) is 13.2. The Morgan fingerprint density at radius 3 is 2.36 bits per heavy atom. The molecular weight excluding hydrogens is 303 g/mol. The predicted molar refractivity (Wildman–Crippen MR) is 84.7 cm³/mol. The number of sulfonamides is 1. The maximum absolute atomic E-state index is 13.8. The van der Waals surface area contributed by atoms with E-state index in [9.17, 15) is 12.8 Å². The van der Waals surface area contributed by atoms with E-state index in [2.05, 4.69) is 9.93 Å². The molecule has 0 atom stereocenters. The molecule has 116 valence electrons. The number of rotatable bonds is 5. The summed E-state index contributed by atoms with van der Waals surface area (Å²) in [5.74, 6) is -0.433. The molecule has 22 heavy (non-hydrogen) atoms. The van der Waals surface area contributed by atoms with Gasteiger partial charge in [-0.2, -0.15) is 18.4 Å². The van der Waals surface area contributed by atoms with E-state index in [1.807, 2.05) is 6.92 Å². The van der Waals surface area contributed by atoms with Crippen LogP contribution in [0.25, 0.3) is 0 Å². The Morgan fingerprint density at radius 1 is 1.14 bits per heavy atom. The van der Waals surface area contributed by atoms with Gasteiger partial charge in [0.05, 0.1) is 10.6 Å². The van der Waals surface area contributed by atoms with Crippen molar-refractivity contribution in [2.45, 2.75) is 25.2 Å². The molecule has 0 saturated carbocycles. The average molecular weight is 320 g/mol. The van der Waals surface area contributed by atoms with Crippen LogP contribution < -0.4 is 4.83 Å². The monoisotopic (exact) mass is 320 g/mol. The summed E-state index contributed by atoms with van der Waals surface area (Å²) in [5, 5.41) is 3.88. The van der Waals surface area contributed by atoms with Gasteiger partial charge in [-0.05, 0) is 31.5 Å². The topological polar surface area (TPSA) is 58.5 Å². The first-order chi connectivity index (χ1) is 10.4. The molecule has 0 aliphatic heterocycles. The molecular formula is C16H17FN2O2S. The van der Waals surface area contributed by atoms with E-state index in [-0.39, 0.29) is 10.5 Å². The predicted octanol–water partition coefficient (Wildman–Crippen LogP) is 3.23. The van der Waals surface area contributed by atoms with Crippen LogP contribution in [0.5, 0.6) is 0 Å². The number of nitrogens with one attached hydrogen (secondary N) is 1. The van der Waals surface area contributed by atoms with Gasteiger partial charge >= 0.3 is 0 Å². The van der Waals surface area contributed by atoms with Crippen molar-refractivity contribution in [1.82, 2.24) is 4.83 Å². The fourth-order valence-corrected chi connectivity index (χ4v) is 2.74. The Balaban J connectivity index is 2.28. The zero-order chi connectivity index (χ0) is 16.2. The molecule has 2 aromatic carbocycles. The summed E-state index contributed by atoms with van der Waals surface area (Å²) in [5.41, 5.74) is 1.59. The highest BCUT2D eigenvalue weighted by Gasteiger charge is 2.14. The van der Waals surface area contributed by atoms with E-state index < -0.39 is 15.8 Å². The number of nitrogens with zero attached hydrogens (tertiary/aromatic N) is 1.